The Morgan fingerprint density at radius 3 is 2.53 bits per heavy atom. The predicted molar refractivity (Wildman–Crippen MR) is 80.1 cm³/mol. The second-order valence-electron chi connectivity index (χ2n) is 4.41. The minimum Gasteiger partial charge on any atom is -0.398 e. The number of halogens is 2. The van der Waals surface area contributed by atoms with Gasteiger partial charge in [-0.05, 0) is 36.2 Å². The number of aryl methyl sites for hydroxylation is 1. The van der Waals surface area contributed by atoms with Gasteiger partial charge in [-0.3, -0.25) is 4.79 Å². The number of carbonyl (C=O) groups excluding carboxylic acids is 1. The summed E-state index contributed by atoms with van der Waals surface area (Å²) in [5.74, 6) is -0.0177. The maximum atomic E-state index is 12.2. The third-order valence-corrected chi connectivity index (χ3v) is 3.55. The summed E-state index contributed by atoms with van der Waals surface area (Å²) in [5.41, 5.74) is 8.73. The molecule has 0 aliphatic heterocycles. The topological polar surface area (TPSA) is 43.1 Å². The fraction of sp³-hybridized carbons (Fsp3) is 0.133. The zero-order valence-corrected chi connectivity index (χ0v) is 11.9. The smallest absolute Gasteiger partial charge is 0.167 e. The summed E-state index contributed by atoms with van der Waals surface area (Å²) in [7, 11) is 0. The quantitative estimate of drug-likeness (QED) is 0.677. The van der Waals surface area contributed by atoms with Crippen LogP contribution in [0.5, 0.6) is 0 Å². The number of benzene rings is 2. The second-order valence-corrected chi connectivity index (χ2v) is 5.25. The first-order chi connectivity index (χ1) is 8.97. The van der Waals surface area contributed by atoms with Gasteiger partial charge in [0, 0.05) is 27.7 Å². The molecule has 2 N–H and O–H groups in total. The van der Waals surface area contributed by atoms with Crippen LogP contribution in [0.4, 0.5) is 5.69 Å². The van der Waals surface area contributed by atoms with Crippen molar-refractivity contribution >= 4 is 34.7 Å². The SMILES string of the molecule is Cc1ccc(C(=O)Cc2ccc(Cl)cc2Cl)cc1N. The summed E-state index contributed by atoms with van der Waals surface area (Å²) in [4.78, 5) is 12.2. The van der Waals surface area contributed by atoms with Gasteiger partial charge in [0.25, 0.3) is 0 Å². The molecular formula is C15H13Cl2NO. The molecule has 2 nitrogen and oxygen atoms in total. The van der Waals surface area contributed by atoms with Gasteiger partial charge in [0.15, 0.2) is 5.78 Å². The zero-order valence-electron chi connectivity index (χ0n) is 10.4. The van der Waals surface area contributed by atoms with Crippen molar-refractivity contribution in [3.63, 3.8) is 0 Å². The lowest BCUT2D eigenvalue weighted by atomic mass is 10.0. The van der Waals surface area contributed by atoms with E-state index < -0.39 is 0 Å². The van der Waals surface area contributed by atoms with Crippen LogP contribution in [-0.4, -0.2) is 5.78 Å². The lowest BCUT2D eigenvalue weighted by Gasteiger charge is -2.06. The number of Topliss-reactive ketones (excluding diaryl/α,β-unsaturated/α-hetero) is 1. The van der Waals surface area contributed by atoms with Crippen molar-refractivity contribution in [2.75, 3.05) is 5.73 Å². The summed E-state index contributed by atoms with van der Waals surface area (Å²) in [6, 6.07) is 10.4. The number of nitrogens with two attached hydrogens (primary N) is 1. The molecule has 0 aliphatic rings. The highest BCUT2D eigenvalue weighted by atomic mass is 35.5. The molecule has 0 aromatic heterocycles. The first-order valence-corrected chi connectivity index (χ1v) is 6.56. The van der Waals surface area contributed by atoms with Crippen molar-refractivity contribution < 1.29 is 4.79 Å². The predicted octanol–water partition coefficient (Wildman–Crippen LogP) is 4.31. The first kappa shape index (κ1) is 13.9. The second kappa shape index (κ2) is 5.64. The molecule has 0 heterocycles. The molecule has 0 saturated heterocycles. The van der Waals surface area contributed by atoms with Crippen molar-refractivity contribution in [3.05, 3.63) is 63.1 Å². The fourth-order valence-corrected chi connectivity index (χ4v) is 2.23. The molecule has 19 heavy (non-hydrogen) atoms. The van der Waals surface area contributed by atoms with E-state index in [-0.39, 0.29) is 12.2 Å². The Morgan fingerprint density at radius 2 is 1.89 bits per heavy atom. The van der Waals surface area contributed by atoms with Gasteiger partial charge in [-0.25, -0.2) is 0 Å². The Bertz CT molecular complexity index is 638. The van der Waals surface area contributed by atoms with Crippen molar-refractivity contribution in [2.24, 2.45) is 0 Å². The van der Waals surface area contributed by atoms with E-state index in [1.807, 2.05) is 13.0 Å². The van der Waals surface area contributed by atoms with E-state index in [0.29, 0.717) is 21.3 Å². The molecular weight excluding hydrogens is 281 g/mol. The van der Waals surface area contributed by atoms with Gasteiger partial charge in [0.2, 0.25) is 0 Å². The molecule has 2 rings (SSSR count). The Hall–Kier alpha value is -1.51. The summed E-state index contributed by atoms with van der Waals surface area (Å²) in [6.07, 6.45) is 0.235. The monoisotopic (exact) mass is 293 g/mol. The van der Waals surface area contributed by atoms with Crippen molar-refractivity contribution in [2.45, 2.75) is 13.3 Å². The Labute approximate surface area is 122 Å². The van der Waals surface area contributed by atoms with E-state index in [1.54, 1.807) is 30.3 Å². The van der Waals surface area contributed by atoms with Crippen LogP contribution in [0.2, 0.25) is 10.0 Å². The summed E-state index contributed by atoms with van der Waals surface area (Å²) < 4.78 is 0. The molecule has 0 saturated carbocycles. The van der Waals surface area contributed by atoms with Crippen LogP contribution in [0.3, 0.4) is 0 Å². The third-order valence-electron chi connectivity index (χ3n) is 2.97. The molecule has 2 aromatic carbocycles. The maximum absolute atomic E-state index is 12.2. The van der Waals surface area contributed by atoms with Crippen LogP contribution in [0.25, 0.3) is 0 Å². The number of hydrogen-bond donors (Lipinski definition) is 1. The van der Waals surface area contributed by atoms with Gasteiger partial charge < -0.3 is 5.73 Å². The van der Waals surface area contributed by atoms with Crippen molar-refractivity contribution in [1.82, 2.24) is 0 Å². The molecule has 0 spiro atoms. The van der Waals surface area contributed by atoms with Gasteiger partial charge in [-0.2, -0.15) is 0 Å². The van der Waals surface area contributed by atoms with Crippen molar-refractivity contribution in [1.29, 1.82) is 0 Å². The van der Waals surface area contributed by atoms with Crippen LogP contribution in [0, 0.1) is 6.92 Å². The normalized spacial score (nSPS) is 10.5. The lowest BCUT2D eigenvalue weighted by molar-refractivity contribution is 0.0993. The molecule has 0 fully saturated rings. The van der Waals surface area contributed by atoms with Gasteiger partial charge in [-0.15, -0.1) is 0 Å². The molecule has 0 unspecified atom stereocenters. The number of rotatable bonds is 3. The van der Waals surface area contributed by atoms with Crippen LogP contribution in [0.15, 0.2) is 36.4 Å². The van der Waals surface area contributed by atoms with E-state index in [1.165, 1.54) is 0 Å². The summed E-state index contributed by atoms with van der Waals surface area (Å²) in [6.45, 7) is 1.90. The van der Waals surface area contributed by atoms with Gasteiger partial charge >= 0.3 is 0 Å². The van der Waals surface area contributed by atoms with Gasteiger partial charge in [-0.1, -0.05) is 41.4 Å². The van der Waals surface area contributed by atoms with E-state index >= 15 is 0 Å². The Morgan fingerprint density at radius 1 is 1.16 bits per heavy atom. The zero-order chi connectivity index (χ0) is 14.0. The van der Waals surface area contributed by atoms with E-state index in [9.17, 15) is 4.79 Å². The first-order valence-electron chi connectivity index (χ1n) is 5.80. The van der Waals surface area contributed by atoms with Gasteiger partial charge in [0.1, 0.15) is 0 Å². The highest BCUT2D eigenvalue weighted by Crippen LogP contribution is 2.23. The highest BCUT2D eigenvalue weighted by Gasteiger charge is 2.11. The molecule has 4 heteroatoms. The minimum absolute atomic E-state index is 0.0177. The van der Waals surface area contributed by atoms with E-state index in [4.69, 9.17) is 28.9 Å². The van der Waals surface area contributed by atoms with Crippen LogP contribution >= 0.6 is 23.2 Å². The average molecular weight is 294 g/mol. The number of anilines is 1. The standard InChI is InChI=1S/C15H13Cl2NO/c1-9-2-3-11(6-14(9)18)15(19)7-10-4-5-12(16)8-13(10)17/h2-6,8H,7,18H2,1H3. The Kier molecular flexibility index (Phi) is 4.13. The minimum atomic E-state index is -0.0177. The van der Waals surface area contributed by atoms with Crippen LogP contribution in [0.1, 0.15) is 21.5 Å². The average Bonchev–Trinajstić information content (AvgIpc) is 2.36. The third kappa shape index (κ3) is 3.28. The number of nitrogen functional groups attached to an aromatic ring is 1. The highest BCUT2D eigenvalue weighted by molar-refractivity contribution is 6.35. The molecule has 0 atom stereocenters. The van der Waals surface area contributed by atoms with Crippen LogP contribution in [-0.2, 0) is 6.42 Å². The lowest BCUT2D eigenvalue weighted by Crippen LogP contribution is -2.05. The van der Waals surface area contributed by atoms with Crippen LogP contribution < -0.4 is 5.73 Å². The van der Waals surface area contributed by atoms with Crippen molar-refractivity contribution in [3.8, 4) is 0 Å². The molecule has 0 amide bonds. The fourth-order valence-electron chi connectivity index (χ4n) is 1.75. The molecule has 98 valence electrons. The van der Waals surface area contributed by atoms with E-state index in [0.717, 1.165) is 11.1 Å². The van der Waals surface area contributed by atoms with E-state index in [2.05, 4.69) is 0 Å². The molecule has 0 aliphatic carbocycles. The van der Waals surface area contributed by atoms with Gasteiger partial charge in [0.05, 0.1) is 0 Å². The molecule has 0 radical (unpaired) electrons. The number of hydrogen-bond acceptors (Lipinski definition) is 2. The number of ketones is 1. The molecule has 0 bridgehead atoms. The summed E-state index contributed by atoms with van der Waals surface area (Å²) >= 11 is 11.9. The maximum Gasteiger partial charge on any atom is 0.167 e. The largest absolute Gasteiger partial charge is 0.398 e. The summed E-state index contributed by atoms with van der Waals surface area (Å²) in [5, 5.41) is 1.06. The Balaban J connectivity index is 2.23. The number of carbonyl (C=O) groups is 1. The molecule has 2 aromatic rings.